The predicted molar refractivity (Wildman–Crippen MR) is 82.9 cm³/mol. The van der Waals surface area contributed by atoms with Gasteiger partial charge in [0.05, 0.1) is 13.7 Å². The van der Waals surface area contributed by atoms with Crippen molar-refractivity contribution in [2.45, 2.75) is 13.1 Å². The molecule has 0 atom stereocenters. The molecule has 2 aromatic rings. The van der Waals surface area contributed by atoms with Crippen LogP contribution in [0.1, 0.15) is 11.1 Å². The molecule has 2 aromatic carbocycles. The van der Waals surface area contributed by atoms with Gasteiger partial charge in [0.1, 0.15) is 11.6 Å². The van der Waals surface area contributed by atoms with Crippen molar-refractivity contribution < 1.29 is 13.9 Å². The summed E-state index contributed by atoms with van der Waals surface area (Å²) in [6.45, 7) is 0.867. The van der Waals surface area contributed by atoms with Crippen molar-refractivity contribution >= 4 is 5.91 Å². The second kappa shape index (κ2) is 8.14. The van der Waals surface area contributed by atoms with E-state index in [1.54, 1.807) is 25.3 Å². The van der Waals surface area contributed by atoms with E-state index in [4.69, 9.17) is 4.74 Å². The summed E-state index contributed by atoms with van der Waals surface area (Å²) < 4.78 is 18.7. The van der Waals surface area contributed by atoms with E-state index in [1.807, 2.05) is 24.3 Å². The topological polar surface area (TPSA) is 50.4 Å². The van der Waals surface area contributed by atoms with Gasteiger partial charge in [-0.05, 0) is 12.1 Å². The Balaban J connectivity index is 1.75. The minimum atomic E-state index is -0.315. The molecule has 0 aliphatic carbocycles. The number of amides is 1. The van der Waals surface area contributed by atoms with Gasteiger partial charge in [-0.2, -0.15) is 0 Å². The first-order chi connectivity index (χ1) is 10.7. The van der Waals surface area contributed by atoms with E-state index >= 15 is 0 Å². The van der Waals surface area contributed by atoms with E-state index < -0.39 is 0 Å². The highest BCUT2D eigenvalue weighted by atomic mass is 19.1. The van der Waals surface area contributed by atoms with Crippen LogP contribution < -0.4 is 15.4 Å². The maximum atomic E-state index is 13.4. The summed E-state index contributed by atoms with van der Waals surface area (Å²) in [5.41, 5.74) is 1.45. The number of ether oxygens (including phenoxy) is 1. The number of methoxy groups -OCH3 is 1. The summed E-state index contributed by atoms with van der Waals surface area (Å²) in [4.78, 5) is 11.7. The van der Waals surface area contributed by atoms with Crippen LogP contribution in [0.25, 0.3) is 0 Å². The molecular weight excluding hydrogens is 283 g/mol. The molecule has 0 aliphatic heterocycles. The lowest BCUT2D eigenvalue weighted by molar-refractivity contribution is -0.120. The number of carbonyl (C=O) groups excluding carboxylic acids is 1. The van der Waals surface area contributed by atoms with Crippen molar-refractivity contribution in [2.24, 2.45) is 0 Å². The Kier molecular flexibility index (Phi) is 5.91. The monoisotopic (exact) mass is 302 g/mol. The smallest absolute Gasteiger partial charge is 0.234 e. The molecule has 0 saturated heterocycles. The number of nitrogens with one attached hydrogen (secondary N) is 2. The highest BCUT2D eigenvalue weighted by molar-refractivity contribution is 5.77. The summed E-state index contributed by atoms with van der Waals surface area (Å²) in [6, 6.07) is 14.0. The first-order valence-electron chi connectivity index (χ1n) is 7.03. The van der Waals surface area contributed by atoms with E-state index in [-0.39, 0.29) is 24.8 Å². The quantitative estimate of drug-likeness (QED) is 0.825. The van der Waals surface area contributed by atoms with E-state index in [2.05, 4.69) is 10.6 Å². The summed E-state index contributed by atoms with van der Waals surface area (Å²) in [6.07, 6.45) is 0. The van der Waals surface area contributed by atoms with E-state index in [0.29, 0.717) is 12.1 Å². The van der Waals surface area contributed by atoms with Crippen molar-refractivity contribution in [1.29, 1.82) is 0 Å². The average Bonchev–Trinajstić information content (AvgIpc) is 2.54. The summed E-state index contributed by atoms with van der Waals surface area (Å²) >= 11 is 0. The summed E-state index contributed by atoms with van der Waals surface area (Å²) in [5.74, 6) is 0.282. The van der Waals surface area contributed by atoms with Crippen molar-refractivity contribution in [2.75, 3.05) is 13.7 Å². The number of hydrogen-bond acceptors (Lipinski definition) is 3. The fourth-order valence-corrected chi connectivity index (χ4v) is 2.06. The largest absolute Gasteiger partial charge is 0.496 e. The molecule has 0 saturated carbocycles. The number of rotatable bonds is 7. The van der Waals surface area contributed by atoms with E-state index in [1.165, 1.54) is 6.07 Å². The number of halogens is 1. The molecule has 0 heterocycles. The molecule has 5 heteroatoms. The molecule has 2 rings (SSSR count). The highest BCUT2D eigenvalue weighted by Crippen LogP contribution is 2.16. The Bertz CT molecular complexity index is 632. The van der Waals surface area contributed by atoms with Crippen molar-refractivity contribution in [3.63, 3.8) is 0 Å². The van der Waals surface area contributed by atoms with Gasteiger partial charge in [0.25, 0.3) is 0 Å². The number of carbonyl (C=O) groups is 1. The second-order valence-corrected chi connectivity index (χ2v) is 4.78. The Morgan fingerprint density at radius 3 is 2.45 bits per heavy atom. The molecule has 0 radical (unpaired) electrons. The maximum Gasteiger partial charge on any atom is 0.234 e. The summed E-state index contributed by atoms with van der Waals surface area (Å²) in [5, 5.41) is 5.72. The standard InChI is InChI=1S/C17H19FN2O2/c1-22-16-9-5-3-7-14(16)10-19-12-17(21)20-11-13-6-2-4-8-15(13)18/h2-9,19H,10-12H2,1H3,(H,20,21). The predicted octanol–water partition coefficient (Wildman–Crippen LogP) is 2.24. The van der Waals surface area contributed by atoms with Crippen molar-refractivity contribution in [3.05, 3.63) is 65.5 Å². The van der Waals surface area contributed by atoms with Gasteiger partial charge < -0.3 is 15.4 Å². The van der Waals surface area contributed by atoms with Crippen molar-refractivity contribution in [3.8, 4) is 5.75 Å². The van der Waals surface area contributed by atoms with Crippen LogP contribution in [0.15, 0.2) is 48.5 Å². The van der Waals surface area contributed by atoms with Crippen LogP contribution in [0.2, 0.25) is 0 Å². The van der Waals surface area contributed by atoms with Crippen LogP contribution in [0.4, 0.5) is 4.39 Å². The SMILES string of the molecule is COc1ccccc1CNCC(=O)NCc1ccccc1F. The first-order valence-corrected chi connectivity index (χ1v) is 7.03. The number of hydrogen-bond donors (Lipinski definition) is 2. The van der Waals surface area contributed by atoms with E-state index in [9.17, 15) is 9.18 Å². The number of benzene rings is 2. The van der Waals surface area contributed by atoms with Crippen LogP contribution in [-0.2, 0) is 17.9 Å². The highest BCUT2D eigenvalue weighted by Gasteiger charge is 2.05. The van der Waals surface area contributed by atoms with Gasteiger partial charge >= 0.3 is 0 Å². The molecule has 0 aliphatic rings. The molecule has 0 bridgehead atoms. The lowest BCUT2D eigenvalue weighted by Crippen LogP contribution is -2.33. The molecule has 0 aromatic heterocycles. The van der Waals surface area contributed by atoms with Crippen LogP contribution in [0.3, 0.4) is 0 Å². The molecule has 0 fully saturated rings. The van der Waals surface area contributed by atoms with Crippen LogP contribution in [0, 0.1) is 5.82 Å². The second-order valence-electron chi connectivity index (χ2n) is 4.78. The molecular formula is C17H19FN2O2. The van der Waals surface area contributed by atoms with Gasteiger partial charge in [-0.25, -0.2) is 4.39 Å². The van der Waals surface area contributed by atoms with Gasteiger partial charge in [-0.15, -0.1) is 0 Å². The Morgan fingerprint density at radius 1 is 1.05 bits per heavy atom. The van der Waals surface area contributed by atoms with Crippen LogP contribution in [-0.4, -0.2) is 19.6 Å². The third kappa shape index (κ3) is 4.56. The van der Waals surface area contributed by atoms with Crippen LogP contribution in [0.5, 0.6) is 5.75 Å². The molecule has 1 amide bonds. The lowest BCUT2D eigenvalue weighted by Gasteiger charge is -2.10. The fourth-order valence-electron chi connectivity index (χ4n) is 2.06. The zero-order chi connectivity index (χ0) is 15.8. The van der Waals surface area contributed by atoms with Crippen LogP contribution >= 0.6 is 0 Å². The summed E-state index contributed by atoms with van der Waals surface area (Å²) in [7, 11) is 1.61. The lowest BCUT2D eigenvalue weighted by atomic mass is 10.2. The third-order valence-corrected chi connectivity index (χ3v) is 3.23. The fraction of sp³-hybridized carbons (Fsp3) is 0.235. The van der Waals surface area contributed by atoms with Crippen molar-refractivity contribution in [1.82, 2.24) is 10.6 Å². The maximum absolute atomic E-state index is 13.4. The Hall–Kier alpha value is -2.40. The minimum Gasteiger partial charge on any atom is -0.496 e. The van der Waals surface area contributed by atoms with Gasteiger partial charge in [-0.3, -0.25) is 4.79 Å². The molecule has 0 unspecified atom stereocenters. The number of para-hydroxylation sites is 1. The molecule has 116 valence electrons. The Labute approximate surface area is 129 Å². The molecule has 22 heavy (non-hydrogen) atoms. The third-order valence-electron chi connectivity index (χ3n) is 3.23. The normalized spacial score (nSPS) is 10.3. The van der Waals surface area contributed by atoms with E-state index in [0.717, 1.165) is 11.3 Å². The molecule has 4 nitrogen and oxygen atoms in total. The van der Waals surface area contributed by atoms with Gasteiger partial charge in [0, 0.05) is 24.2 Å². The first kappa shape index (κ1) is 16.0. The van der Waals surface area contributed by atoms with Gasteiger partial charge in [-0.1, -0.05) is 36.4 Å². The molecule has 0 spiro atoms. The van der Waals surface area contributed by atoms with Gasteiger partial charge in [0.15, 0.2) is 0 Å². The zero-order valence-electron chi connectivity index (χ0n) is 12.4. The minimum absolute atomic E-state index is 0.159. The molecule has 2 N–H and O–H groups in total. The zero-order valence-corrected chi connectivity index (χ0v) is 12.4. The Morgan fingerprint density at radius 2 is 1.73 bits per heavy atom. The van der Waals surface area contributed by atoms with Gasteiger partial charge in [0.2, 0.25) is 5.91 Å². The average molecular weight is 302 g/mol.